The number of pyridine rings is 1. The Hall–Kier alpha value is -3.52. The molecule has 4 aromatic carbocycles. The largest absolute Gasteiger partial charge is 0.487 e. The summed E-state index contributed by atoms with van der Waals surface area (Å²) < 4.78 is 7.47. The van der Waals surface area contributed by atoms with Crippen LogP contribution >= 0.6 is 43.5 Å². The number of carbonyl (C=O) groups is 1. The van der Waals surface area contributed by atoms with Crippen LogP contribution in [0.5, 0.6) is 5.75 Å². The maximum atomic E-state index is 13.2. The van der Waals surface area contributed by atoms with E-state index in [1.807, 2.05) is 91.0 Å². The summed E-state index contributed by atoms with van der Waals surface area (Å²) in [6.07, 6.45) is 1.58. The summed E-state index contributed by atoms with van der Waals surface area (Å²) in [7, 11) is 0. The zero-order valence-corrected chi connectivity index (χ0v) is 23.8. The molecule has 0 saturated heterocycles. The van der Waals surface area contributed by atoms with Crippen LogP contribution in [-0.4, -0.2) is 17.1 Å². The number of amides is 1. The van der Waals surface area contributed by atoms with E-state index in [1.54, 1.807) is 12.3 Å². The summed E-state index contributed by atoms with van der Waals surface area (Å²) in [4.78, 5) is 17.9. The molecule has 0 aliphatic rings. The molecule has 38 heavy (non-hydrogen) atoms. The highest BCUT2D eigenvalue weighted by molar-refractivity contribution is 9.11. The third kappa shape index (κ3) is 6.13. The van der Waals surface area contributed by atoms with Crippen molar-refractivity contribution >= 4 is 66.5 Å². The van der Waals surface area contributed by atoms with Crippen LogP contribution in [0, 0.1) is 0 Å². The number of nitrogens with one attached hydrogen (secondary N) is 1. The number of hydrogen-bond acceptors (Lipinski definition) is 4. The molecule has 0 radical (unpaired) electrons. The van der Waals surface area contributed by atoms with Crippen molar-refractivity contribution in [1.29, 1.82) is 0 Å². The molecular formula is C30H20Br2ClN3O2. The number of hydrogen-bond donors (Lipinski definition) is 1. The summed E-state index contributed by atoms with van der Waals surface area (Å²) in [6.45, 7) is 0.367. The van der Waals surface area contributed by atoms with Gasteiger partial charge in [-0.2, -0.15) is 5.10 Å². The van der Waals surface area contributed by atoms with Gasteiger partial charge in [0.15, 0.2) is 0 Å². The molecule has 188 valence electrons. The molecule has 0 aliphatic carbocycles. The summed E-state index contributed by atoms with van der Waals surface area (Å²) in [5.41, 5.74) is 7.28. The van der Waals surface area contributed by atoms with Crippen molar-refractivity contribution in [1.82, 2.24) is 10.4 Å². The molecule has 8 heteroatoms. The summed E-state index contributed by atoms with van der Waals surface area (Å²) in [5, 5.41) is 5.62. The number of hydrazone groups is 1. The molecule has 0 atom stereocenters. The summed E-state index contributed by atoms with van der Waals surface area (Å²) in [5.74, 6) is 0.333. The number of ether oxygens (including phenoxy) is 1. The van der Waals surface area contributed by atoms with Gasteiger partial charge in [0.25, 0.3) is 5.91 Å². The van der Waals surface area contributed by atoms with Gasteiger partial charge < -0.3 is 4.74 Å². The van der Waals surface area contributed by atoms with Crippen LogP contribution in [0.25, 0.3) is 22.2 Å². The standard InChI is InChI=1S/C30H20Br2ClN3O2/c31-25-14-20(15-26(32)29(25)38-18-19-7-6-10-22(33)13-19)17-34-36-30(37)24-16-28(21-8-2-1-3-9-21)35-27-12-5-4-11-23(24)27/h1-17H,18H2,(H,36,37)/b34-17-. The topological polar surface area (TPSA) is 63.6 Å². The van der Waals surface area contributed by atoms with Crippen molar-refractivity contribution in [2.75, 3.05) is 0 Å². The lowest BCUT2D eigenvalue weighted by Crippen LogP contribution is -2.18. The highest BCUT2D eigenvalue weighted by Gasteiger charge is 2.14. The van der Waals surface area contributed by atoms with Crippen molar-refractivity contribution in [3.63, 3.8) is 0 Å². The third-order valence-corrected chi connectivity index (χ3v) is 7.12. The van der Waals surface area contributed by atoms with Crippen molar-refractivity contribution < 1.29 is 9.53 Å². The van der Waals surface area contributed by atoms with Gasteiger partial charge in [-0.3, -0.25) is 4.79 Å². The summed E-state index contributed by atoms with van der Waals surface area (Å²) in [6, 6.07) is 30.4. The van der Waals surface area contributed by atoms with E-state index in [0.717, 1.165) is 42.2 Å². The Morgan fingerprint density at radius 1 is 0.921 bits per heavy atom. The van der Waals surface area contributed by atoms with Gasteiger partial charge in [0, 0.05) is 16.0 Å². The second-order valence-corrected chi connectivity index (χ2v) is 10.5. The van der Waals surface area contributed by atoms with Crippen LogP contribution in [0.4, 0.5) is 0 Å². The zero-order chi connectivity index (χ0) is 26.5. The first-order chi connectivity index (χ1) is 18.5. The van der Waals surface area contributed by atoms with E-state index in [9.17, 15) is 4.79 Å². The van der Waals surface area contributed by atoms with Gasteiger partial charge in [0.05, 0.1) is 31.9 Å². The number of benzene rings is 4. The molecule has 1 N–H and O–H groups in total. The quantitative estimate of drug-likeness (QED) is 0.142. The van der Waals surface area contributed by atoms with Crippen LogP contribution < -0.4 is 10.2 Å². The van der Waals surface area contributed by atoms with Gasteiger partial charge in [-0.25, -0.2) is 10.4 Å². The third-order valence-electron chi connectivity index (χ3n) is 5.70. The zero-order valence-electron chi connectivity index (χ0n) is 19.9. The Labute approximate surface area is 241 Å². The minimum atomic E-state index is -0.323. The first kappa shape index (κ1) is 26.1. The molecular weight excluding hydrogens is 630 g/mol. The molecule has 5 aromatic rings. The lowest BCUT2D eigenvalue weighted by Gasteiger charge is -2.11. The minimum absolute atomic E-state index is 0.323. The minimum Gasteiger partial charge on any atom is -0.487 e. The molecule has 0 spiro atoms. The Balaban J connectivity index is 1.33. The predicted molar refractivity (Wildman–Crippen MR) is 160 cm³/mol. The first-order valence-electron chi connectivity index (χ1n) is 11.6. The van der Waals surface area contributed by atoms with Gasteiger partial charge in [0.2, 0.25) is 0 Å². The Morgan fingerprint density at radius 2 is 1.66 bits per heavy atom. The van der Waals surface area contributed by atoms with E-state index in [1.165, 1.54) is 0 Å². The van der Waals surface area contributed by atoms with E-state index in [2.05, 4.69) is 42.4 Å². The first-order valence-corrected chi connectivity index (χ1v) is 13.6. The molecule has 0 bridgehead atoms. The van der Waals surface area contributed by atoms with Gasteiger partial charge >= 0.3 is 0 Å². The monoisotopic (exact) mass is 647 g/mol. The highest BCUT2D eigenvalue weighted by atomic mass is 79.9. The van der Waals surface area contributed by atoms with Crippen LogP contribution in [0.1, 0.15) is 21.5 Å². The number of aromatic nitrogens is 1. The van der Waals surface area contributed by atoms with E-state index in [0.29, 0.717) is 22.9 Å². The Bertz CT molecular complexity index is 1640. The smallest absolute Gasteiger partial charge is 0.272 e. The SMILES string of the molecule is O=C(N/N=C\c1cc(Br)c(OCc2cccc(Cl)c2)c(Br)c1)c1cc(-c2ccccc2)nc2ccccc12. The number of fused-ring (bicyclic) bond motifs is 1. The van der Waals surface area contributed by atoms with Crippen molar-refractivity contribution in [2.45, 2.75) is 6.61 Å². The maximum Gasteiger partial charge on any atom is 0.272 e. The van der Waals surface area contributed by atoms with Gasteiger partial charge in [0.1, 0.15) is 12.4 Å². The highest BCUT2D eigenvalue weighted by Crippen LogP contribution is 2.35. The molecule has 0 unspecified atom stereocenters. The van der Waals surface area contributed by atoms with E-state index in [-0.39, 0.29) is 5.91 Å². The molecule has 1 amide bonds. The number of halogens is 3. The Kier molecular flexibility index (Phi) is 8.17. The average Bonchev–Trinajstić information content (AvgIpc) is 2.92. The van der Waals surface area contributed by atoms with Gasteiger partial charge in [-0.05, 0) is 79.4 Å². The number of para-hydroxylation sites is 1. The van der Waals surface area contributed by atoms with Gasteiger partial charge in [-0.1, -0.05) is 72.3 Å². The van der Waals surface area contributed by atoms with Crippen LogP contribution in [0.2, 0.25) is 5.02 Å². The molecule has 0 fully saturated rings. The van der Waals surface area contributed by atoms with Crippen molar-refractivity contribution in [2.24, 2.45) is 5.10 Å². The second-order valence-electron chi connectivity index (χ2n) is 8.37. The number of carbonyl (C=O) groups excluding carboxylic acids is 1. The average molecular weight is 650 g/mol. The lowest BCUT2D eigenvalue weighted by molar-refractivity contribution is 0.0956. The maximum absolute atomic E-state index is 13.2. The van der Waals surface area contributed by atoms with Crippen LogP contribution in [-0.2, 0) is 6.61 Å². The fourth-order valence-corrected chi connectivity index (χ4v) is 5.58. The normalized spacial score (nSPS) is 11.1. The van der Waals surface area contributed by atoms with Crippen molar-refractivity contribution in [3.05, 3.63) is 128 Å². The number of rotatable bonds is 7. The summed E-state index contributed by atoms with van der Waals surface area (Å²) >= 11 is 13.2. The molecule has 5 nitrogen and oxygen atoms in total. The van der Waals surface area contributed by atoms with E-state index in [4.69, 9.17) is 21.3 Å². The predicted octanol–water partition coefficient (Wildman–Crippen LogP) is 8.42. The molecule has 0 saturated carbocycles. The fraction of sp³-hybridized carbons (Fsp3) is 0.0333. The second kappa shape index (κ2) is 11.9. The van der Waals surface area contributed by atoms with E-state index < -0.39 is 0 Å². The molecule has 0 aliphatic heterocycles. The molecule has 1 heterocycles. The molecule has 1 aromatic heterocycles. The van der Waals surface area contributed by atoms with Crippen LogP contribution in [0.15, 0.2) is 111 Å². The number of nitrogens with zero attached hydrogens (tertiary/aromatic N) is 2. The fourth-order valence-electron chi connectivity index (χ4n) is 3.92. The molecule has 5 rings (SSSR count). The van der Waals surface area contributed by atoms with Crippen LogP contribution in [0.3, 0.4) is 0 Å². The van der Waals surface area contributed by atoms with E-state index >= 15 is 0 Å². The van der Waals surface area contributed by atoms with Gasteiger partial charge in [-0.15, -0.1) is 0 Å². The Morgan fingerprint density at radius 3 is 2.42 bits per heavy atom. The van der Waals surface area contributed by atoms with Crippen molar-refractivity contribution in [3.8, 4) is 17.0 Å². The lowest BCUT2D eigenvalue weighted by atomic mass is 10.0.